The maximum absolute atomic E-state index is 12.4. The second-order valence-corrected chi connectivity index (χ2v) is 5.25. The van der Waals surface area contributed by atoms with Gasteiger partial charge in [-0.1, -0.05) is 12.2 Å². The zero-order valence-corrected chi connectivity index (χ0v) is 13.1. The highest BCUT2D eigenvalue weighted by molar-refractivity contribution is 4.85. The molecule has 1 aromatic heterocycles. The Balaban J connectivity index is 2.38. The number of aromatic nitrogens is 3. The summed E-state index contributed by atoms with van der Waals surface area (Å²) in [7, 11) is 0. The molecule has 0 unspecified atom stereocenters. The Morgan fingerprint density at radius 3 is 1.78 bits per heavy atom. The molecule has 0 spiro atoms. The van der Waals surface area contributed by atoms with Gasteiger partial charge in [-0.05, 0) is 0 Å². The third kappa shape index (κ3) is 3.77. The Morgan fingerprint density at radius 1 is 0.826 bits per heavy atom. The third-order valence-electron chi connectivity index (χ3n) is 3.75. The minimum atomic E-state index is -0.637. The fraction of sp³-hybridized carbons (Fsp3) is 0.533. The summed E-state index contributed by atoms with van der Waals surface area (Å²) in [5, 5.41) is 0. The van der Waals surface area contributed by atoms with Crippen LogP contribution in [0.2, 0.25) is 0 Å². The summed E-state index contributed by atoms with van der Waals surface area (Å²) in [4.78, 5) is 39.2. The van der Waals surface area contributed by atoms with E-state index in [1.165, 1.54) is 12.2 Å². The summed E-state index contributed by atoms with van der Waals surface area (Å²) in [6.45, 7) is 10.8. The minimum Gasteiger partial charge on any atom is -0.379 e. The molecule has 1 saturated heterocycles. The molecule has 2 rings (SSSR count). The maximum atomic E-state index is 12.4. The number of allylic oxidation sites excluding steroid dienone is 2. The van der Waals surface area contributed by atoms with Crippen molar-refractivity contribution in [3.63, 3.8) is 0 Å². The molecule has 0 amide bonds. The zero-order valence-electron chi connectivity index (χ0n) is 13.1. The molecule has 8 heteroatoms. The highest BCUT2D eigenvalue weighted by Crippen LogP contribution is 1.96. The molecule has 8 nitrogen and oxygen atoms in total. The Labute approximate surface area is 133 Å². The fourth-order valence-electron chi connectivity index (χ4n) is 2.51. The molecule has 0 atom stereocenters. The maximum Gasteiger partial charge on any atom is 0.336 e. The van der Waals surface area contributed by atoms with E-state index < -0.39 is 17.1 Å². The van der Waals surface area contributed by atoms with Crippen molar-refractivity contribution in [1.29, 1.82) is 0 Å². The van der Waals surface area contributed by atoms with Crippen LogP contribution < -0.4 is 17.1 Å². The molecule has 1 fully saturated rings. The van der Waals surface area contributed by atoms with E-state index in [1.54, 1.807) is 0 Å². The molecule has 1 aliphatic heterocycles. The van der Waals surface area contributed by atoms with Gasteiger partial charge in [0.05, 0.1) is 26.3 Å². The standard InChI is InChI=1S/C15H22N4O4/c1-3-5-17-13(20)18(6-4-2)15(22)19(14(17)21)8-7-16-9-11-23-12-10-16/h3-4H,1-2,5-12H2. The van der Waals surface area contributed by atoms with Crippen LogP contribution in [0.25, 0.3) is 0 Å². The molecule has 0 N–H and O–H groups in total. The summed E-state index contributed by atoms with van der Waals surface area (Å²) in [6, 6.07) is 0. The van der Waals surface area contributed by atoms with Crippen LogP contribution in [0, 0.1) is 0 Å². The largest absolute Gasteiger partial charge is 0.379 e. The average molecular weight is 322 g/mol. The quantitative estimate of drug-likeness (QED) is 0.594. The van der Waals surface area contributed by atoms with E-state index in [0.717, 1.165) is 26.8 Å². The van der Waals surface area contributed by atoms with Crippen LogP contribution in [-0.4, -0.2) is 51.4 Å². The summed E-state index contributed by atoms with van der Waals surface area (Å²) in [6.07, 6.45) is 2.91. The lowest BCUT2D eigenvalue weighted by molar-refractivity contribution is 0.0359. The molecule has 0 bridgehead atoms. The van der Waals surface area contributed by atoms with E-state index in [-0.39, 0.29) is 19.6 Å². The number of nitrogens with zero attached hydrogens (tertiary/aromatic N) is 4. The van der Waals surface area contributed by atoms with Crippen molar-refractivity contribution in [3.05, 3.63) is 56.8 Å². The van der Waals surface area contributed by atoms with Crippen LogP contribution in [0.3, 0.4) is 0 Å². The number of hydrogen-bond donors (Lipinski definition) is 0. The van der Waals surface area contributed by atoms with Gasteiger partial charge >= 0.3 is 17.1 Å². The van der Waals surface area contributed by atoms with Crippen LogP contribution in [0.5, 0.6) is 0 Å². The molecule has 126 valence electrons. The molecular weight excluding hydrogens is 300 g/mol. The predicted molar refractivity (Wildman–Crippen MR) is 86.9 cm³/mol. The molecule has 1 aromatic rings. The summed E-state index contributed by atoms with van der Waals surface area (Å²) in [5.41, 5.74) is -1.84. The predicted octanol–water partition coefficient (Wildman–Crippen LogP) is -1.12. The number of hydrogen-bond acceptors (Lipinski definition) is 5. The highest BCUT2D eigenvalue weighted by Gasteiger charge is 2.16. The first-order valence-electron chi connectivity index (χ1n) is 7.56. The van der Waals surface area contributed by atoms with Gasteiger partial charge in [0, 0.05) is 26.2 Å². The SMILES string of the molecule is C=CCn1c(=O)n(CC=C)c(=O)n(CCN2CCOCC2)c1=O. The van der Waals surface area contributed by atoms with E-state index >= 15 is 0 Å². The van der Waals surface area contributed by atoms with E-state index in [9.17, 15) is 14.4 Å². The first-order chi connectivity index (χ1) is 11.1. The Hall–Kier alpha value is -2.19. The smallest absolute Gasteiger partial charge is 0.336 e. The number of rotatable bonds is 7. The number of ether oxygens (including phenoxy) is 1. The van der Waals surface area contributed by atoms with Crippen molar-refractivity contribution in [2.24, 2.45) is 0 Å². The lowest BCUT2D eigenvalue weighted by atomic mass is 10.4. The van der Waals surface area contributed by atoms with E-state index in [0.29, 0.717) is 19.8 Å². The number of morpholine rings is 1. The first-order valence-corrected chi connectivity index (χ1v) is 7.56. The van der Waals surface area contributed by atoms with Gasteiger partial charge in [-0.3, -0.25) is 4.90 Å². The molecular formula is C15H22N4O4. The summed E-state index contributed by atoms with van der Waals surface area (Å²) < 4.78 is 8.40. The van der Waals surface area contributed by atoms with Gasteiger partial charge in [0.15, 0.2) is 0 Å². The summed E-state index contributed by atoms with van der Waals surface area (Å²) >= 11 is 0. The Morgan fingerprint density at radius 2 is 1.30 bits per heavy atom. The molecule has 1 aliphatic rings. The van der Waals surface area contributed by atoms with E-state index in [1.807, 2.05) is 0 Å². The zero-order chi connectivity index (χ0) is 16.8. The van der Waals surface area contributed by atoms with Crippen molar-refractivity contribution in [2.45, 2.75) is 19.6 Å². The van der Waals surface area contributed by atoms with Gasteiger partial charge in [0.1, 0.15) is 0 Å². The van der Waals surface area contributed by atoms with E-state index in [2.05, 4.69) is 18.1 Å². The van der Waals surface area contributed by atoms with Crippen LogP contribution in [0.1, 0.15) is 0 Å². The fourth-order valence-corrected chi connectivity index (χ4v) is 2.51. The normalized spacial score (nSPS) is 15.5. The van der Waals surface area contributed by atoms with Crippen molar-refractivity contribution in [3.8, 4) is 0 Å². The van der Waals surface area contributed by atoms with Gasteiger partial charge in [-0.15, -0.1) is 13.2 Å². The van der Waals surface area contributed by atoms with Crippen molar-refractivity contribution >= 4 is 0 Å². The third-order valence-corrected chi connectivity index (χ3v) is 3.75. The van der Waals surface area contributed by atoms with Crippen molar-refractivity contribution < 1.29 is 4.74 Å². The Kier molecular flexibility index (Phi) is 5.89. The average Bonchev–Trinajstić information content (AvgIpc) is 2.56. The first kappa shape index (κ1) is 17.2. The topological polar surface area (TPSA) is 78.5 Å². The second kappa shape index (κ2) is 7.89. The molecule has 2 heterocycles. The molecule has 0 saturated carbocycles. The van der Waals surface area contributed by atoms with Gasteiger partial charge in [0.2, 0.25) is 0 Å². The highest BCUT2D eigenvalue weighted by atomic mass is 16.5. The van der Waals surface area contributed by atoms with Gasteiger partial charge in [-0.25, -0.2) is 28.1 Å². The van der Waals surface area contributed by atoms with Gasteiger partial charge in [0.25, 0.3) is 0 Å². The summed E-state index contributed by atoms with van der Waals surface area (Å²) in [5.74, 6) is 0. The van der Waals surface area contributed by atoms with Crippen LogP contribution in [-0.2, 0) is 24.4 Å². The van der Waals surface area contributed by atoms with Gasteiger partial charge < -0.3 is 4.74 Å². The Bertz CT molecular complexity index is 689. The minimum absolute atomic E-state index is 0.0621. The van der Waals surface area contributed by atoms with Gasteiger partial charge in [-0.2, -0.15) is 0 Å². The van der Waals surface area contributed by atoms with Crippen LogP contribution >= 0.6 is 0 Å². The van der Waals surface area contributed by atoms with Crippen molar-refractivity contribution in [2.75, 3.05) is 32.8 Å². The lowest BCUT2D eigenvalue weighted by Gasteiger charge is -2.26. The lowest BCUT2D eigenvalue weighted by Crippen LogP contribution is -2.55. The monoisotopic (exact) mass is 322 g/mol. The van der Waals surface area contributed by atoms with E-state index in [4.69, 9.17) is 4.74 Å². The molecule has 0 aromatic carbocycles. The van der Waals surface area contributed by atoms with Crippen molar-refractivity contribution in [1.82, 2.24) is 18.6 Å². The van der Waals surface area contributed by atoms with Crippen LogP contribution in [0.4, 0.5) is 0 Å². The molecule has 0 aliphatic carbocycles. The molecule has 23 heavy (non-hydrogen) atoms. The second-order valence-electron chi connectivity index (χ2n) is 5.25. The molecule has 0 radical (unpaired) electrons. The van der Waals surface area contributed by atoms with Crippen LogP contribution in [0.15, 0.2) is 39.7 Å².